The first-order valence-corrected chi connectivity index (χ1v) is 5.01. The van der Waals surface area contributed by atoms with Gasteiger partial charge in [-0.2, -0.15) is 0 Å². The van der Waals surface area contributed by atoms with E-state index in [1.165, 1.54) is 0 Å². The fraction of sp³-hybridized carbons (Fsp3) is 0.273. The van der Waals surface area contributed by atoms with Gasteiger partial charge in [0.15, 0.2) is 5.96 Å². The predicted octanol–water partition coefficient (Wildman–Crippen LogP) is 0.430. The SMILES string of the molecule is CCOc1ccccc1.NC(N)=NCC(=O)O. The highest BCUT2D eigenvalue weighted by Gasteiger charge is 1.90. The standard InChI is InChI=1S/C8H10O.C3H7N3O2/c1-2-9-8-6-4-3-5-7-8;4-3(5)6-1-2(7)8/h3-7H,2H2,1H3;1H2,(H,7,8)(H4,4,5,6). The zero-order chi connectivity index (χ0) is 13.1. The summed E-state index contributed by atoms with van der Waals surface area (Å²) in [4.78, 5) is 12.9. The number of aliphatic carboxylic acids is 1. The van der Waals surface area contributed by atoms with Gasteiger partial charge in [-0.1, -0.05) is 18.2 Å². The number of hydrogen-bond donors (Lipinski definition) is 3. The van der Waals surface area contributed by atoms with Gasteiger partial charge in [0, 0.05) is 0 Å². The van der Waals surface area contributed by atoms with Crippen LogP contribution < -0.4 is 16.2 Å². The van der Waals surface area contributed by atoms with Crippen LogP contribution in [0.5, 0.6) is 5.75 Å². The number of carboxylic acid groups (broad SMARTS) is 1. The monoisotopic (exact) mass is 239 g/mol. The molecule has 0 heterocycles. The normalized spacial score (nSPS) is 8.53. The summed E-state index contributed by atoms with van der Waals surface area (Å²) in [6.07, 6.45) is 0. The summed E-state index contributed by atoms with van der Waals surface area (Å²) in [5.41, 5.74) is 9.61. The van der Waals surface area contributed by atoms with Crippen molar-refractivity contribution in [3.05, 3.63) is 30.3 Å². The van der Waals surface area contributed by atoms with Crippen molar-refractivity contribution >= 4 is 11.9 Å². The van der Waals surface area contributed by atoms with Gasteiger partial charge in [0.1, 0.15) is 12.3 Å². The highest BCUT2D eigenvalue weighted by Crippen LogP contribution is 2.06. The van der Waals surface area contributed by atoms with E-state index < -0.39 is 5.97 Å². The summed E-state index contributed by atoms with van der Waals surface area (Å²) in [6, 6.07) is 9.80. The van der Waals surface area contributed by atoms with Crippen LogP contribution in [0.1, 0.15) is 6.92 Å². The van der Waals surface area contributed by atoms with E-state index in [2.05, 4.69) is 4.99 Å². The number of guanidine groups is 1. The molecule has 1 aromatic rings. The third-order valence-corrected chi connectivity index (χ3v) is 1.45. The number of carboxylic acids is 1. The maximum Gasteiger partial charge on any atom is 0.325 e. The highest BCUT2D eigenvalue weighted by atomic mass is 16.5. The van der Waals surface area contributed by atoms with E-state index in [1.54, 1.807) is 0 Å². The topological polar surface area (TPSA) is 111 Å². The van der Waals surface area contributed by atoms with E-state index >= 15 is 0 Å². The van der Waals surface area contributed by atoms with Gasteiger partial charge in [-0.25, -0.2) is 4.99 Å². The van der Waals surface area contributed by atoms with E-state index in [9.17, 15) is 4.79 Å². The Labute approximate surface area is 99.9 Å². The van der Waals surface area contributed by atoms with Gasteiger partial charge >= 0.3 is 5.97 Å². The third kappa shape index (κ3) is 10.1. The van der Waals surface area contributed by atoms with E-state index in [0.29, 0.717) is 0 Å². The molecule has 1 aromatic carbocycles. The Morgan fingerprint density at radius 1 is 1.35 bits per heavy atom. The number of nitrogens with zero attached hydrogens (tertiary/aromatic N) is 1. The van der Waals surface area contributed by atoms with Crippen molar-refractivity contribution in [1.82, 2.24) is 0 Å². The first-order chi connectivity index (χ1) is 8.06. The molecule has 0 amide bonds. The van der Waals surface area contributed by atoms with Gasteiger partial charge in [-0.3, -0.25) is 4.79 Å². The Morgan fingerprint density at radius 3 is 2.29 bits per heavy atom. The van der Waals surface area contributed by atoms with Crippen molar-refractivity contribution in [2.45, 2.75) is 6.92 Å². The second-order valence-electron chi connectivity index (χ2n) is 2.88. The number of nitrogens with two attached hydrogens (primary N) is 2. The number of benzene rings is 1. The van der Waals surface area contributed by atoms with E-state index in [0.717, 1.165) is 12.4 Å². The lowest BCUT2D eigenvalue weighted by Crippen LogP contribution is -2.24. The number of rotatable bonds is 4. The van der Waals surface area contributed by atoms with Crippen LogP contribution in [-0.4, -0.2) is 30.2 Å². The Morgan fingerprint density at radius 2 is 1.94 bits per heavy atom. The number of carbonyl (C=O) groups is 1. The van der Waals surface area contributed by atoms with Gasteiger partial charge in [-0.05, 0) is 19.1 Å². The molecule has 5 N–H and O–H groups in total. The molecule has 6 nitrogen and oxygen atoms in total. The predicted molar refractivity (Wildman–Crippen MR) is 65.9 cm³/mol. The summed E-state index contributed by atoms with van der Waals surface area (Å²) < 4.78 is 5.21. The quantitative estimate of drug-likeness (QED) is 0.521. The molecule has 0 saturated carbocycles. The molecule has 0 aromatic heterocycles. The minimum atomic E-state index is -1.04. The van der Waals surface area contributed by atoms with Crippen LogP contribution in [0, 0.1) is 0 Å². The number of ether oxygens (including phenoxy) is 1. The lowest BCUT2D eigenvalue weighted by atomic mass is 10.3. The molecule has 0 aliphatic heterocycles. The van der Waals surface area contributed by atoms with Gasteiger partial charge in [-0.15, -0.1) is 0 Å². The van der Waals surface area contributed by atoms with E-state index in [4.69, 9.17) is 21.3 Å². The molecule has 6 heteroatoms. The summed E-state index contributed by atoms with van der Waals surface area (Å²) in [6.45, 7) is 2.36. The fourth-order valence-corrected chi connectivity index (χ4v) is 0.842. The maximum atomic E-state index is 9.69. The summed E-state index contributed by atoms with van der Waals surface area (Å²) >= 11 is 0. The molecule has 0 bridgehead atoms. The zero-order valence-corrected chi connectivity index (χ0v) is 9.67. The minimum absolute atomic E-state index is 0.201. The van der Waals surface area contributed by atoms with E-state index in [-0.39, 0.29) is 12.5 Å². The molecular formula is C11H17N3O3. The largest absolute Gasteiger partial charge is 0.494 e. The molecule has 94 valence electrons. The summed E-state index contributed by atoms with van der Waals surface area (Å²) in [5.74, 6) is -0.300. The summed E-state index contributed by atoms with van der Waals surface area (Å²) in [5, 5.41) is 7.94. The minimum Gasteiger partial charge on any atom is -0.494 e. The van der Waals surface area contributed by atoms with Gasteiger partial charge < -0.3 is 21.3 Å². The van der Waals surface area contributed by atoms with Crippen LogP contribution >= 0.6 is 0 Å². The first kappa shape index (κ1) is 14.8. The highest BCUT2D eigenvalue weighted by molar-refractivity contribution is 5.79. The second-order valence-corrected chi connectivity index (χ2v) is 2.88. The first-order valence-electron chi connectivity index (χ1n) is 5.01. The molecule has 0 unspecified atom stereocenters. The van der Waals surface area contributed by atoms with Crippen molar-refractivity contribution in [2.24, 2.45) is 16.5 Å². The Kier molecular flexibility index (Phi) is 7.83. The average molecular weight is 239 g/mol. The van der Waals surface area contributed by atoms with Crippen LogP contribution in [0.3, 0.4) is 0 Å². The average Bonchev–Trinajstić information content (AvgIpc) is 2.29. The molecule has 0 fully saturated rings. The maximum absolute atomic E-state index is 9.69. The molecule has 0 spiro atoms. The Bertz CT molecular complexity index is 348. The molecule has 1 rings (SSSR count). The van der Waals surface area contributed by atoms with Crippen LogP contribution in [0.4, 0.5) is 0 Å². The van der Waals surface area contributed by atoms with Gasteiger partial charge in [0.05, 0.1) is 6.61 Å². The van der Waals surface area contributed by atoms with Crippen molar-refractivity contribution in [1.29, 1.82) is 0 Å². The molecule has 0 saturated heterocycles. The molecule has 0 aliphatic carbocycles. The Balaban J connectivity index is 0.000000304. The van der Waals surface area contributed by atoms with Gasteiger partial charge in [0.2, 0.25) is 0 Å². The Hall–Kier alpha value is -2.24. The molecule has 17 heavy (non-hydrogen) atoms. The van der Waals surface area contributed by atoms with Gasteiger partial charge in [0.25, 0.3) is 0 Å². The van der Waals surface area contributed by atoms with Crippen molar-refractivity contribution < 1.29 is 14.6 Å². The fourth-order valence-electron chi connectivity index (χ4n) is 0.842. The molecule has 0 radical (unpaired) electrons. The molecular weight excluding hydrogens is 222 g/mol. The zero-order valence-electron chi connectivity index (χ0n) is 9.67. The van der Waals surface area contributed by atoms with Crippen molar-refractivity contribution in [3.63, 3.8) is 0 Å². The van der Waals surface area contributed by atoms with Crippen LogP contribution in [0.2, 0.25) is 0 Å². The summed E-state index contributed by atoms with van der Waals surface area (Å²) in [7, 11) is 0. The lowest BCUT2D eigenvalue weighted by molar-refractivity contribution is -0.135. The number of para-hydroxylation sites is 1. The number of hydrogen-bond acceptors (Lipinski definition) is 3. The second kappa shape index (κ2) is 9.02. The smallest absolute Gasteiger partial charge is 0.325 e. The van der Waals surface area contributed by atoms with Crippen LogP contribution in [-0.2, 0) is 4.79 Å². The van der Waals surface area contributed by atoms with Crippen LogP contribution in [0.25, 0.3) is 0 Å². The number of aliphatic imine (C=N–C) groups is 1. The van der Waals surface area contributed by atoms with Crippen molar-refractivity contribution in [2.75, 3.05) is 13.2 Å². The lowest BCUT2D eigenvalue weighted by Gasteiger charge is -1.99. The van der Waals surface area contributed by atoms with Crippen LogP contribution in [0.15, 0.2) is 35.3 Å². The third-order valence-electron chi connectivity index (χ3n) is 1.45. The molecule has 0 atom stereocenters. The van der Waals surface area contributed by atoms with Crippen molar-refractivity contribution in [3.8, 4) is 5.75 Å². The van der Waals surface area contributed by atoms with E-state index in [1.807, 2.05) is 37.3 Å². The molecule has 0 aliphatic rings.